The van der Waals surface area contributed by atoms with E-state index < -0.39 is 5.95 Å². The zero-order chi connectivity index (χ0) is 13.3. The summed E-state index contributed by atoms with van der Waals surface area (Å²) < 4.78 is 13.0. The van der Waals surface area contributed by atoms with Crippen LogP contribution in [-0.2, 0) is 6.61 Å². The van der Waals surface area contributed by atoms with E-state index >= 15 is 0 Å². The fraction of sp³-hybridized carbons (Fsp3) is 0.0833. The van der Waals surface area contributed by atoms with Crippen molar-refractivity contribution in [2.24, 2.45) is 0 Å². The van der Waals surface area contributed by atoms with Crippen molar-refractivity contribution in [1.82, 2.24) is 4.98 Å². The predicted molar refractivity (Wildman–Crippen MR) is 70.6 cm³/mol. The van der Waals surface area contributed by atoms with Gasteiger partial charge in [-0.05, 0) is 17.7 Å². The summed E-state index contributed by atoms with van der Waals surface area (Å²) in [6.07, 6.45) is 1.30. The number of nitrogens with zero attached hydrogens (tertiary/aromatic N) is 1. The van der Waals surface area contributed by atoms with E-state index in [4.69, 9.17) is 34.8 Å². The molecule has 0 fully saturated rings. The van der Waals surface area contributed by atoms with Gasteiger partial charge >= 0.3 is 0 Å². The quantitative estimate of drug-likeness (QED) is 0.661. The van der Waals surface area contributed by atoms with Crippen LogP contribution in [0.2, 0.25) is 15.1 Å². The Morgan fingerprint density at radius 3 is 2.50 bits per heavy atom. The van der Waals surface area contributed by atoms with E-state index in [1.54, 1.807) is 12.1 Å². The van der Waals surface area contributed by atoms with Gasteiger partial charge in [0.05, 0.1) is 21.7 Å². The van der Waals surface area contributed by atoms with E-state index in [0.717, 1.165) is 6.07 Å². The van der Waals surface area contributed by atoms with Gasteiger partial charge in [0.1, 0.15) is 0 Å². The molecular weight excluding hydrogens is 299 g/mol. The number of rotatable bonds is 2. The number of aliphatic hydroxyl groups excluding tert-OH is 1. The van der Waals surface area contributed by atoms with E-state index in [2.05, 4.69) is 4.98 Å². The Morgan fingerprint density at radius 1 is 1.11 bits per heavy atom. The Balaban J connectivity index is 2.66. The summed E-state index contributed by atoms with van der Waals surface area (Å²) in [6, 6.07) is 4.37. The van der Waals surface area contributed by atoms with Gasteiger partial charge in [0, 0.05) is 17.3 Å². The molecule has 0 atom stereocenters. The van der Waals surface area contributed by atoms with E-state index in [9.17, 15) is 9.50 Å². The number of hydrogen-bond acceptors (Lipinski definition) is 2. The smallest absolute Gasteiger partial charge is 0.213 e. The first-order chi connectivity index (χ1) is 8.54. The first kappa shape index (κ1) is 13.6. The molecule has 2 nitrogen and oxygen atoms in total. The second kappa shape index (κ2) is 5.41. The van der Waals surface area contributed by atoms with Crippen molar-refractivity contribution in [2.45, 2.75) is 6.61 Å². The van der Waals surface area contributed by atoms with Crippen molar-refractivity contribution in [2.75, 3.05) is 0 Å². The summed E-state index contributed by atoms with van der Waals surface area (Å²) in [6.45, 7) is -0.328. The molecule has 0 radical (unpaired) electrons. The summed E-state index contributed by atoms with van der Waals surface area (Å²) in [5.41, 5.74) is 1.44. The molecule has 0 unspecified atom stereocenters. The van der Waals surface area contributed by atoms with E-state index in [-0.39, 0.29) is 16.7 Å². The minimum Gasteiger partial charge on any atom is -0.392 e. The molecule has 18 heavy (non-hydrogen) atoms. The number of pyridine rings is 1. The lowest BCUT2D eigenvalue weighted by atomic mass is 10.0. The Kier molecular flexibility index (Phi) is 4.07. The van der Waals surface area contributed by atoms with Crippen LogP contribution in [0.25, 0.3) is 11.1 Å². The van der Waals surface area contributed by atoms with Crippen LogP contribution < -0.4 is 0 Å². The van der Waals surface area contributed by atoms with Crippen molar-refractivity contribution in [3.05, 3.63) is 51.0 Å². The summed E-state index contributed by atoms with van der Waals surface area (Å²) >= 11 is 17.9. The lowest BCUT2D eigenvalue weighted by molar-refractivity contribution is 0.281. The van der Waals surface area contributed by atoms with Crippen molar-refractivity contribution >= 4 is 34.8 Å². The maximum Gasteiger partial charge on any atom is 0.213 e. The Morgan fingerprint density at radius 2 is 1.83 bits per heavy atom. The predicted octanol–water partition coefficient (Wildman–Crippen LogP) is 4.34. The van der Waals surface area contributed by atoms with Gasteiger partial charge in [0.25, 0.3) is 0 Å². The molecule has 1 aromatic heterocycles. The minimum atomic E-state index is -0.668. The Bertz CT molecular complexity index is 604. The van der Waals surface area contributed by atoms with Crippen LogP contribution in [0.1, 0.15) is 5.56 Å². The first-order valence-electron chi connectivity index (χ1n) is 4.93. The molecule has 0 amide bonds. The fourth-order valence-electron chi connectivity index (χ4n) is 1.58. The van der Waals surface area contributed by atoms with Gasteiger partial charge in [-0.1, -0.05) is 40.9 Å². The van der Waals surface area contributed by atoms with Gasteiger partial charge in [-0.15, -0.1) is 0 Å². The molecule has 1 N–H and O–H groups in total. The van der Waals surface area contributed by atoms with Crippen molar-refractivity contribution in [3.8, 4) is 11.1 Å². The van der Waals surface area contributed by atoms with Crippen LogP contribution in [0.4, 0.5) is 4.39 Å². The third kappa shape index (κ3) is 2.45. The van der Waals surface area contributed by atoms with E-state index in [0.29, 0.717) is 21.7 Å². The van der Waals surface area contributed by atoms with Gasteiger partial charge in [0.2, 0.25) is 5.95 Å². The molecule has 0 aliphatic rings. The van der Waals surface area contributed by atoms with Crippen LogP contribution in [0.5, 0.6) is 0 Å². The molecule has 0 bridgehead atoms. The number of halogens is 4. The van der Waals surface area contributed by atoms with E-state index in [1.807, 2.05) is 0 Å². The molecule has 0 saturated heterocycles. The van der Waals surface area contributed by atoms with Crippen LogP contribution in [0.15, 0.2) is 24.4 Å². The molecule has 0 aliphatic carbocycles. The number of hydrogen-bond donors (Lipinski definition) is 1. The molecule has 2 rings (SSSR count). The SMILES string of the molecule is OCc1cc(F)ncc1-c1ccc(Cl)c(Cl)c1Cl. The topological polar surface area (TPSA) is 33.1 Å². The average Bonchev–Trinajstić information content (AvgIpc) is 2.37. The zero-order valence-corrected chi connectivity index (χ0v) is 11.2. The van der Waals surface area contributed by atoms with Crippen LogP contribution in [0.3, 0.4) is 0 Å². The maximum atomic E-state index is 13.0. The monoisotopic (exact) mass is 305 g/mol. The number of aromatic nitrogens is 1. The lowest BCUT2D eigenvalue weighted by Gasteiger charge is -2.10. The lowest BCUT2D eigenvalue weighted by Crippen LogP contribution is -1.94. The summed E-state index contributed by atoms with van der Waals surface area (Å²) in [4.78, 5) is 3.54. The van der Waals surface area contributed by atoms with Gasteiger partial charge in [-0.2, -0.15) is 4.39 Å². The number of benzene rings is 1. The largest absolute Gasteiger partial charge is 0.392 e. The van der Waals surface area contributed by atoms with Gasteiger partial charge in [0.15, 0.2) is 0 Å². The standard InChI is InChI=1S/C12H7Cl3FNO/c13-9-2-1-7(11(14)12(9)15)8-4-17-10(16)3-6(8)5-18/h1-4,18H,5H2. The average molecular weight is 307 g/mol. The zero-order valence-electron chi connectivity index (χ0n) is 8.92. The number of aliphatic hydroxyl groups is 1. The highest BCUT2D eigenvalue weighted by Gasteiger charge is 2.14. The summed E-state index contributed by atoms with van der Waals surface area (Å²) in [5.74, 6) is -0.668. The summed E-state index contributed by atoms with van der Waals surface area (Å²) in [5, 5.41) is 10.0. The second-order valence-electron chi connectivity index (χ2n) is 3.55. The van der Waals surface area contributed by atoms with Gasteiger partial charge in [-0.25, -0.2) is 4.98 Å². The molecular formula is C12H7Cl3FNO. The van der Waals surface area contributed by atoms with Crippen LogP contribution in [0, 0.1) is 5.95 Å². The molecule has 0 aliphatic heterocycles. The van der Waals surface area contributed by atoms with Crippen molar-refractivity contribution in [3.63, 3.8) is 0 Å². The highest BCUT2D eigenvalue weighted by Crippen LogP contribution is 2.38. The first-order valence-corrected chi connectivity index (χ1v) is 6.07. The molecule has 2 aromatic rings. The fourth-order valence-corrected chi connectivity index (χ4v) is 2.21. The van der Waals surface area contributed by atoms with Gasteiger partial charge in [-0.3, -0.25) is 0 Å². The van der Waals surface area contributed by atoms with Crippen LogP contribution in [-0.4, -0.2) is 10.1 Å². The Labute approximate surface area is 118 Å². The van der Waals surface area contributed by atoms with Gasteiger partial charge < -0.3 is 5.11 Å². The Hall–Kier alpha value is -0.870. The molecule has 6 heteroatoms. The summed E-state index contributed by atoms with van der Waals surface area (Å²) in [7, 11) is 0. The molecule has 94 valence electrons. The third-order valence-corrected chi connectivity index (χ3v) is 3.75. The highest BCUT2D eigenvalue weighted by atomic mass is 35.5. The minimum absolute atomic E-state index is 0.212. The molecule has 1 heterocycles. The van der Waals surface area contributed by atoms with Crippen molar-refractivity contribution < 1.29 is 9.50 Å². The second-order valence-corrected chi connectivity index (χ2v) is 4.71. The molecule has 1 aromatic carbocycles. The molecule has 0 spiro atoms. The molecule has 0 saturated carbocycles. The third-order valence-electron chi connectivity index (χ3n) is 2.45. The van der Waals surface area contributed by atoms with E-state index in [1.165, 1.54) is 6.20 Å². The highest BCUT2D eigenvalue weighted by molar-refractivity contribution is 6.49. The van der Waals surface area contributed by atoms with Crippen LogP contribution >= 0.6 is 34.8 Å². The maximum absolute atomic E-state index is 13.0. The normalized spacial score (nSPS) is 10.7. The van der Waals surface area contributed by atoms with Crippen molar-refractivity contribution in [1.29, 1.82) is 0 Å².